The molecule has 1 saturated heterocycles. The third-order valence-electron chi connectivity index (χ3n) is 6.74. The fourth-order valence-corrected chi connectivity index (χ4v) is 5.84. The first-order chi connectivity index (χ1) is 19.7. The summed E-state index contributed by atoms with van der Waals surface area (Å²) in [6, 6.07) is 20.7. The molecule has 4 aromatic rings. The van der Waals surface area contributed by atoms with Crippen LogP contribution in [0.15, 0.2) is 95.0 Å². The summed E-state index contributed by atoms with van der Waals surface area (Å²) in [6.07, 6.45) is 1.90. The van der Waals surface area contributed by atoms with Crippen LogP contribution in [0.3, 0.4) is 0 Å². The molecule has 0 bridgehead atoms. The number of nitrogens with two attached hydrogens (primary N) is 1. The molecular weight excluding hydrogens is 545 g/mol. The van der Waals surface area contributed by atoms with Gasteiger partial charge in [0.25, 0.3) is 5.91 Å². The van der Waals surface area contributed by atoms with Gasteiger partial charge in [0.2, 0.25) is 9.84 Å². The fraction of sp³-hybridized carbons (Fsp3) is 0.172. The number of carbonyl (C=O) groups is 1. The van der Waals surface area contributed by atoms with Crippen molar-refractivity contribution in [1.29, 1.82) is 5.26 Å². The zero-order chi connectivity index (χ0) is 29.0. The normalized spacial score (nSPS) is 16.9. The SMILES string of the molecule is N#Cc1ccc(N2CC[C@@H](Nc3cc(Nc4ccc(S(=O)(=O)c5ccccc5)cc4)ncc3C(N)=O)[C@@H](F)C2)nc1. The van der Waals surface area contributed by atoms with Crippen LogP contribution in [0.25, 0.3) is 0 Å². The molecule has 41 heavy (non-hydrogen) atoms. The molecule has 1 amide bonds. The van der Waals surface area contributed by atoms with Crippen LogP contribution in [-0.2, 0) is 9.84 Å². The van der Waals surface area contributed by atoms with Crippen LogP contribution in [0.5, 0.6) is 0 Å². The quantitative estimate of drug-likeness (QED) is 0.284. The Bertz CT molecular complexity index is 1690. The Morgan fingerprint density at radius 2 is 1.76 bits per heavy atom. The molecule has 2 atom stereocenters. The smallest absolute Gasteiger partial charge is 0.252 e. The van der Waals surface area contributed by atoms with Gasteiger partial charge in [-0.1, -0.05) is 18.2 Å². The number of aromatic nitrogens is 2. The maximum Gasteiger partial charge on any atom is 0.252 e. The Labute approximate surface area is 236 Å². The van der Waals surface area contributed by atoms with Gasteiger partial charge in [0, 0.05) is 30.7 Å². The molecule has 0 unspecified atom stereocenters. The molecule has 0 aliphatic carbocycles. The Hall–Kier alpha value is -5.02. The van der Waals surface area contributed by atoms with E-state index in [0.29, 0.717) is 41.5 Å². The Balaban J connectivity index is 1.29. The number of anilines is 4. The highest BCUT2D eigenvalue weighted by molar-refractivity contribution is 7.91. The van der Waals surface area contributed by atoms with Crippen LogP contribution in [-0.4, -0.2) is 49.6 Å². The lowest BCUT2D eigenvalue weighted by Gasteiger charge is -2.36. The van der Waals surface area contributed by atoms with Gasteiger partial charge in [0.1, 0.15) is 23.9 Å². The molecule has 1 aliphatic rings. The van der Waals surface area contributed by atoms with Crippen molar-refractivity contribution in [1.82, 2.24) is 9.97 Å². The molecule has 4 N–H and O–H groups in total. The van der Waals surface area contributed by atoms with Gasteiger partial charge in [0.05, 0.1) is 39.2 Å². The molecule has 2 aromatic heterocycles. The minimum atomic E-state index is -3.66. The number of sulfone groups is 1. The predicted octanol–water partition coefficient (Wildman–Crippen LogP) is 4.05. The van der Waals surface area contributed by atoms with Gasteiger partial charge in [-0.15, -0.1) is 0 Å². The molecule has 0 spiro atoms. The first kappa shape index (κ1) is 27.5. The van der Waals surface area contributed by atoms with E-state index < -0.39 is 28.0 Å². The Morgan fingerprint density at radius 3 is 2.39 bits per heavy atom. The van der Waals surface area contributed by atoms with Crippen molar-refractivity contribution in [3.63, 3.8) is 0 Å². The number of hydrogen-bond donors (Lipinski definition) is 3. The maximum atomic E-state index is 15.3. The maximum absolute atomic E-state index is 15.3. The van der Waals surface area contributed by atoms with Crippen molar-refractivity contribution in [3.8, 4) is 6.07 Å². The zero-order valence-corrected chi connectivity index (χ0v) is 22.6. The number of amides is 1. The number of primary amides is 1. The number of nitriles is 1. The lowest BCUT2D eigenvalue weighted by atomic mass is 10.0. The lowest BCUT2D eigenvalue weighted by Crippen LogP contribution is -2.48. The van der Waals surface area contributed by atoms with Crippen LogP contribution >= 0.6 is 0 Å². The zero-order valence-electron chi connectivity index (χ0n) is 21.7. The number of benzene rings is 2. The molecule has 208 valence electrons. The second-order valence-corrected chi connectivity index (χ2v) is 11.4. The van der Waals surface area contributed by atoms with E-state index in [2.05, 4.69) is 20.6 Å². The number of nitrogens with zero attached hydrogens (tertiary/aromatic N) is 4. The van der Waals surface area contributed by atoms with E-state index in [1.54, 1.807) is 53.4 Å². The van der Waals surface area contributed by atoms with Gasteiger partial charge < -0.3 is 21.3 Å². The van der Waals surface area contributed by atoms with Crippen molar-refractivity contribution in [2.75, 3.05) is 28.6 Å². The molecule has 0 radical (unpaired) electrons. The van der Waals surface area contributed by atoms with E-state index in [1.165, 1.54) is 36.7 Å². The summed E-state index contributed by atoms with van der Waals surface area (Å²) in [6.45, 7) is 0.591. The highest BCUT2D eigenvalue weighted by Gasteiger charge is 2.31. The van der Waals surface area contributed by atoms with Crippen molar-refractivity contribution in [3.05, 3.63) is 96.3 Å². The minimum absolute atomic E-state index is 0.0803. The third-order valence-corrected chi connectivity index (χ3v) is 8.53. The van der Waals surface area contributed by atoms with E-state index in [1.807, 2.05) is 6.07 Å². The molecule has 1 fully saturated rings. The number of alkyl halides is 1. The summed E-state index contributed by atoms with van der Waals surface area (Å²) in [5.41, 5.74) is 6.99. The number of nitrogens with one attached hydrogen (secondary N) is 2. The van der Waals surface area contributed by atoms with Gasteiger partial charge in [0.15, 0.2) is 0 Å². The number of rotatable bonds is 8. The predicted molar refractivity (Wildman–Crippen MR) is 152 cm³/mol. The summed E-state index contributed by atoms with van der Waals surface area (Å²) in [5.74, 6) is 0.225. The van der Waals surface area contributed by atoms with Crippen LogP contribution in [0.1, 0.15) is 22.3 Å². The molecular formula is C29H26FN7O3S. The standard InChI is InChI=1S/C29H26FN7O3S/c30-24-18-37(28-11-6-19(15-31)16-34-28)13-12-25(24)36-26-14-27(33-17-23(26)29(32)38)35-20-7-9-22(10-8-20)41(39,40)21-4-2-1-3-5-21/h1-11,14,16-17,24-25H,12-13,18H2,(H2,32,38)(H2,33,35,36)/t24-,25+/m0/s1. The first-order valence-electron chi connectivity index (χ1n) is 12.7. The molecule has 10 nitrogen and oxygen atoms in total. The van der Waals surface area contributed by atoms with Gasteiger partial charge in [-0.2, -0.15) is 5.26 Å². The van der Waals surface area contributed by atoms with Crippen molar-refractivity contribution in [2.24, 2.45) is 5.73 Å². The molecule has 1 aliphatic heterocycles. The van der Waals surface area contributed by atoms with Crippen LogP contribution in [0.4, 0.5) is 27.4 Å². The fourth-order valence-electron chi connectivity index (χ4n) is 4.56. The highest BCUT2D eigenvalue weighted by Crippen LogP contribution is 2.28. The Kier molecular flexibility index (Phi) is 7.80. The van der Waals surface area contributed by atoms with E-state index in [4.69, 9.17) is 11.0 Å². The van der Waals surface area contributed by atoms with E-state index >= 15 is 4.39 Å². The molecule has 2 aromatic carbocycles. The number of carbonyl (C=O) groups excluding carboxylic acids is 1. The van der Waals surface area contributed by atoms with E-state index in [0.717, 1.165) is 0 Å². The monoisotopic (exact) mass is 571 g/mol. The summed E-state index contributed by atoms with van der Waals surface area (Å²) in [5, 5.41) is 15.2. The van der Waals surface area contributed by atoms with Crippen molar-refractivity contribution >= 4 is 38.8 Å². The van der Waals surface area contributed by atoms with E-state index in [-0.39, 0.29) is 21.9 Å². The van der Waals surface area contributed by atoms with Crippen LogP contribution in [0, 0.1) is 11.3 Å². The van der Waals surface area contributed by atoms with Gasteiger partial charge >= 0.3 is 0 Å². The molecule has 0 saturated carbocycles. The van der Waals surface area contributed by atoms with Crippen LogP contribution in [0.2, 0.25) is 0 Å². The van der Waals surface area contributed by atoms with Gasteiger partial charge in [-0.05, 0) is 55.0 Å². The Morgan fingerprint density at radius 1 is 1.02 bits per heavy atom. The van der Waals surface area contributed by atoms with Crippen molar-refractivity contribution < 1.29 is 17.6 Å². The average molecular weight is 572 g/mol. The number of hydrogen-bond acceptors (Lipinski definition) is 9. The van der Waals surface area contributed by atoms with E-state index in [9.17, 15) is 13.2 Å². The third kappa shape index (κ3) is 6.10. The first-order valence-corrected chi connectivity index (χ1v) is 14.2. The van der Waals surface area contributed by atoms with Crippen LogP contribution < -0.4 is 21.3 Å². The second-order valence-electron chi connectivity index (χ2n) is 9.46. The highest BCUT2D eigenvalue weighted by atomic mass is 32.2. The largest absolute Gasteiger partial charge is 0.378 e. The number of pyridine rings is 2. The summed E-state index contributed by atoms with van der Waals surface area (Å²) in [4.78, 5) is 22.7. The second kappa shape index (κ2) is 11.6. The summed E-state index contributed by atoms with van der Waals surface area (Å²) < 4.78 is 41.0. The minimum Gasteiger partial charge on any atom is -0.378 e. The van der Waals surface area contributed by atoms with Crippen molar-refractivity contribution in [2.45, 2.75) is 28.4 Å². The number of halogens is 1. The van der Waals surface area contributed by atoms with Gasteiger partial charge in [-0.25, -0.2) is 22.8 Å². The molecule has 12 heteroatoms. The summed E-state index contributed by atoms with van der Waals surface area (Å²) in [7, 11) is -3.66. The lowest BCUT2D eigenvalue weighted by molar-refractivity contribution is 0.100. The number of piperidine rings is 1. The topological polar surface area (TPSA) is 154 Å². The molecule has 5 rings (SSSR count). The average Bonchev–Trinajstić information content (AvgIpc) is 2.99. The summed E-state index contributed by atoms with van der Waals surface area (Å²) >= 11 is 0. The molecule has 3 heterocycles. The van der Waals surface area contributed by atoms with Gasteiger partial charge in [-0.3, -0.25) is 4.79 Å².